The van der Waals surface area contributed by atoms with Gasteiger partial charge in [-0.25, -0.2) is 0 Å². The summed E-state index contributed by atoms with van der Waals surface area (Å²) >= 11 is 0. The third-order valence-corrected chi connectivity index (χ3v) is 2.62. The first-order valence-electron chi connectivity index (χ1n) is 5.19. The minimum atomic E-state index is 0.949. The predicted molar refractivity (Wildman–Crippen MR) is 62.1 cm³/mol. The summed E-state index contributed by atoms with van der Waals surface area (Å²) in [5.74, 6) is 0.949. The van der Waals surface area contributed by atoms with E-state index < -0.39 is 0 Å². The molecule has 2 nitrogen and oxygen atoms in total. The summed E-state index contributed by atoms with van der Waals surface area (Å²) in [7, 11) is 3.80. The molecule has 0 unspecified atom stereocenters. The van der Waals surface area contributed by atoms with Gasteiger partial charge in [0.25, 0.3) is 0 Å². The lowest BCUT2D eigenvalue weighted by Crippen LogP contribution is -2.77. The van der Waals surface area contributed by atoms with Crippen molar-refractivity contribution in [3.8, 4) is 5.75 Å². The lowest BCUT2D eigenvalue weighted by molar-refractivity contribution is -0.643. The molecule has 2 aromatic carbocycles. The molecular weight excluding hydrogens is 186 g/mol. The van der Waals surface area contributed by atoms with Gasteiger partial charge in [0.05, 0.1) is 14.2 Å². The van der Waals surface area contributed by atoms with E-state index in [-0.39, 0.29) is 0 Å². The van der Waals surface area contributed by atoms with E-state index in [2.05, 4.69) is 36.6 Å². The van der Waals surface area contributed by atoms with E-state index in [0.717, 1.165) is 12.3 Å². The molecule has 78 valence electrons. The quantitative estimate of drug-likeness (QED) is 0.802. The standard InChI is InChI=1S/C13H15NO/c1-14-9-10-7-8-13(15-2)12-6-4-3-5-11(10)12/h3-8,14H,9H2,1-2H3/p+1. The number of rotatable bonds is 3. The zero-order valence-electron chi connectivity index (χ0n) is 9.16. The van der Waals surface area contributed by atoms with Crippen molar-refractivity contribution in [2.45, 2.75) is 6.54 Å². The molecule has 15 heavy (non-hydrogen) atoms. The monoisotopic (exact) mass is 202 g/mol. The molecule has 2 heteroatoms. The minimum Gasteiger partial charge on any atom is -0.496 e. The molecule has 0 saturated carbocycles. The van der Waals surface area contributed by atoms with Gasteiger partial charge in [-0.15, -0.1) is 0 Å². The molecule has 2 N–H and O–H groups in total. The number of nitrogens with two attached hydrogens (primary N) is 1. The van der Waals surface area contributed by atoms with Crippen LogP contribution in [0.1, 0.15) is 5.56 Å². The molecule has 0 atom stereocenters. The topological polar surface area (TPSA) is 25.8 Å². The number of benzene rings is 2. The van der Waals surface area contributed by atoms with Gasteiger partial charge in [-0.1, -0.05) is 24.3 Å². The molecule has 0 spiro atoms. The van der Waals surface area contributed by atoms with E-state index >= 15 is 0 Å². The molecule has 2 rings (SSSR count). The van der Waals surface area contributed by atoms with Crippen molar-refractivity contribution in [2.24, 2.45) is 0 Å². The number of quaternary nitrogens is 1. The van der Waals surface area contributed by atoms with Crippen molar-refractivity contribution >= 4 is 10.8 Å². The number of methoxy groups -OCH3 is 1. The maximum absolute atomic E-state index is 5.35. The zero-order chi connectivity index (χ0) is 10.7. The number of ether oxygens (including phenoxy) is 1. The molecule has 0 aliphatic heterocycles. The highest BCUT2D eigenvalue weighted by molar-refractivity contribution is 5.90. The SMILES string of the molecule is C[NH2+]Cc1ccc(OC)c2ccccc12. The summed E-state index contributed by atoms with van der Waals surface area (Å²) < 4.78 is 5.35. The first-order chi connectivity index (χ1) is 7.36. The highest BCUT2D eigenvalue weighted by atomic mass is 16.5. The minimum absolute atomic E-state index is 0.949. The van der Waals surface area contributed by atoms with Crippen LogP contribution in [-0.4, -0.2) is 14.2 Å². The first-order valence-corrected chi connectivity index (χ1v) is 5.19. The Morgan fingerprint density at radius 3 is 2.47 bits per heavy atom. The molecule has 0 amide bonds. The van der Waals surface area contributed by atoms with Gasteiger partial charge in [0, 0.05) is 10.9 Å². The van der Waals surface area contributed by atoms with Gasteiger partial charge in [-0.3, -0.25) is 0 Å². The van der Waals surface area contributed by atoms with Gasteiger partial charge in [-0.05, 0) is 17.5 Å². The molecule has 0 heterocycles. The van der Waals surface area contributed by atoms with Crippen LogP contribution in [0.2, 0.25) is 0 Å². The molecule has 0 aromatic heterocycles. The van der Waals surface area contributed by atoms with E-state index in [1.165, 1.54) is 16.3 Å². The highest BCUT2D eigenvalue weighted by Crippen LogP contribution is 2.27. The maximum atomic E-state index is 5.35. The van der Waals surface area contributed by atoms with Gasteiger partial charge in [-0.2, -0.15) is 0 Å². The normalized spacial score (nSPS) is 10.5. The number of hydrogen-bond acceptors (Lipinski definition) is 1. The van der Waals surface area contributed by atoms with E-state index in [4.69, 9.17) is 4.74 Å². The largest absolute Gasteiger partial charge is 0.496 e. The summed E-state index contributed by atoms with van der Waals surface area (Å²) in [6, 6.07) is 12.6. The predicted octanol–water partition coefficient (Wildman–Crippen LogP) is 1.54. The lowest BCUT2D eigenvalue weighted by Gasteiger charge is -2.08. The molecule has 0 aliphatic rings. The average Bonchev–Trinajstić information content (AvgIpc) is 2.30. The van der Waals surface area contributed by atoms with E-state index in [9.17, 15) is 0 Å². The number of hydrogen-bond donors (Lipinski definition) is 1. The van der Waals surface area contributed by atoms with Crippen molar-refractivity contribution < 1.29 is 10.1 Å². The fraction of sp³-hybridized carbons (Fsp3) is 0.231. The van der Waals surface area contributed by atoms with Crippen LogP contribution in [0.4, 0.5) is 0 Å². The van der Waals surface area contributed by atoms with Crippen molar-refractivity contribution in [3.63, 3.8) is 0 Å². The van der Waals surface area contributed by atoms with E-state index in [1.54, 1.807) is 7.11 Å². The van der Waals surface area contributed by atoms with Crippen LogP contribution < -0.4 is 10.1 Å². The van der Waals surface area contributed by atoms with Gasteiger partial charge in [0.2, 0.25) is 0 Å². The molecule has 0 saturated heterocycles. The summed E-state index contributed by atoms with van der Waals surface area (Å²) in [6.45, 7) is 1.00. The van der Waals surface area contributed by atoms with Gasteiger partial charge in [0.1, 0.15) is 12.3 Å². The summed E-state index contributed by atoms with van der Waals surface area (Å²) in [5.41, 5.74) is 1.36. The van der Waals surface area contributed by atoms with Crippen LogP contribution in [0.15, 0.2) is 36.4 Å². The van der Waals surface area contributed by atoms with Gasteiger partial charge >= 0.3 is 0 Å². The van der Waals surface area contributed by atoms with Crippen molar-refractivity contribution in [2.75, 3.05) is 14.2 Å². The maximum Gasteiger partial charge on any atom is 0.126 e. The van der Waals surface area contributed by atoms with Crippen molar-refractivity contribution in [1.82, 2.24) is 0 Å². The van der Waals surface area contributed by atoms with Crippen LogP contribution in [0.5, 0.6) is 5.75 Å². The van der Waals surface area contributed by atoms with Crippen molar-refractivity contribution in [3.05, 3.63) is 42.0 Å². The summed E-state index contributed by atoms with van der Waals surface area (Å²) in [5, 5.41) is 4.66. The smallest absolute Gasteiger partial charge is 0.126 e. The Bertz CT molecular complexity index is 465. The Hall–Kier alpha value is -1.54. The highest BCUT2D eigenvalue weighted by Gasteiger charge is 2.05. The van der Waals surface area contributed by atoms with Crippen LogP contribution in [-0.2, 0) is 6.54 Å². The zero-order valence-corrected chi connectivity index (χ0v) is 9.16. The second-order valence-electron chi connectivity index (χ2n) is 3.58. The molecule has 0 fully saturated rings. The molecule has 0 radical (unpaired) electrons. The Kier molecular flexibility index (Phi) is 2.88. The first kappa shape index (κ1) is 9.99. The Labute approximate surface area is 89.9 Å². The Morgan fingerprint density at radius 2 is 1.80 bits per heavy atom. The van der Waals surface area contributed by atoms with Gasteiger partial charge in [0.15, 0.2) is 0 Å². The molecule has 0 aliphatic carbocycles. The Morgan fingerprint density at radius 1 is 1.07 bits per heavy atom. The second-order valence-corrected chi connectivity index (χ2v) is 3.58. The van der Waals surface area contributed by atoms with E-state index in [0.29, 0.717) is 0 Å². The number of fused-ring (bicyclic) bond motifs is 1. The second kappa shape index (κ2) is 4.32. The third kappa shape index (κ3) is 1.81. The van der Waals surface area contributed by atoms with Crippen LogP contribution in [0.25, 0.3) is 10.8 Å². The fourth-order valence-electron chi connectivity index (χ4n) is 1.91. The van der Waals surface area contributed by atoms with Crippen molar-refractivity contribution in [1.29, 1.82) is 0 Å². The molecule has 2 aromatic rings. The molecular formula is C13H16NO+. The van der Waals surface area contributed by atoms with Crippen LogP contribution in [0, 0.1) is 0 Å². The van der Waals surface area contributed by atoms with E-state index in [1.807, 2.05) is 12.1 Å². The Balaban J connectivity index is 2.66. The molecule has 0 bridgehead atoms. The lowest BCUT2D eigenvalue weighted by atomic mass is 10.0. The summed E-state index contributed by atoms with van der Waals surface area (Å²) in [4.78, 5) is 0. The fourth-order valence-corrected chi connectivity index (χ4v) is 1.91. The average molecular weight is 202 g/mol. The van der Waals surface area contributed by atoms with Crippen LogP contribution in [0.3, 0.4) is 0 Å². The third-order valence-electron chi connectivity index (χ3n) is 2.62. The van der Waals surface area contributed by atoms with Crippen LogP contribution >= 0.6 is 0 Å². The van der Waals surface area contributed by atoms with Gasteiger partial charge < -0.3 is 10.1 Å². The summed E-state index contributed by atoms with van der Waals surface area (Å²) in [6.07, 6.45) is 0.